The van der Waals surface area contributed by atoms with Gasteiger partial charge in [-0.3, -0.25) is 0 Å². The van der Waals surface area contributed by atoms with Crippen molar-refractivity contribution in [1.82, 2.24) is 0 Å². The van der Waals surface area contributed by atoms with Crippen LogP contribution in [-0.4, -0.2) is 40.1 Å². The molecule has 0 spiro atoms. The van der Waals surface area contributed by atoms with Crippen LogP contribution in [0.5, 0.6) is 0 Å². The van der Waals surface area contributed by atoms with Crippen LogP contribution >= 0.6 is 0 Å². The molecule has 0 heterocycles. The van der Waals surface area contributed by atoms with Crippen molar-refractivity contribution < 1.29 is 14.0 Å². The molecule has 2 aliphatic rings. The molecule has 2 rings (SSSR count). The fraction of sp³-hybridized carbons (Fsp3) is 0.862. The van der Waals surface area contributed by atoms with Crippen molar-refractivity contribution in [1.29, 1.82) is 0 Å². The standard InChI is InChI=1S/C29H56O3Si2/c1-13-14-15-16-22(31-33(9,10)28(3,4)5)17-18-23-24-19-21(2)27(30)25(24)20-26(23)32-34(11,12)29(6,7)8/h17-18,22-27,30H,2,13-16,19-20H2,1,3-12H3/b18-17+/t22-,23+,24+,25-,26+,27-/m0/s1. The van der Waals surface area contributed by atoms with Gasteiger partial charge >= 0.3 is 0 Å². The summed E-state index contributed by atoms with van der Waals surface area (Å²) in [6.07, 6.45) is 11.4. The van der Waals surface area contributed by atoms with E-state index in [2.05, 4.69) is 93.4 Å². The van der Waals surface area contributed by atoms with Crippen LogP contribution in [0.3, 0.4) is 0 Å². The Labute approximate surface area is 214 Å². The summed E-state index contributed by atoms with van der Waals surface area (Å²) in [6, 6.07) is 0. The number of rotatable bonds is 10. The molecular weight excluding hydrogens is 452 g/mol. The molecule has 34 heavy (non-hydrogen) atoms. The molecule has 5 heteroatoms. The van der Waals surface area contributed by atoms with Gasteiger partial charge in [-0.25, -0.2) is 0 Å². The molecule has 0 bridgehead atoms. The van der Waals surface area contributed by atoms with E-state index in [4.69, 9.17) is 8.85 Å². The lowest BCUT2D eigenvalue weighted by molar-refractivity contribution is 0.128. The molecule has 0 saturated heterocycles. The molecule has 0 aliphatic heterocycles. The molecule has 0 radical (unpaired) electrons. The van der Waals surface area contributed by atoms with Crippen molar-refractivity contribution in [2.75, 3.05) is 0 Å². The lowest BCUT2D eigenvalue weighted by Crippen LogP contribution is -2.45. The van der Waals surface area contributed by atoms with Gasteiger partial charge in [-0.1, -0.05) is 86.5 Å². The van der Waals surface area contributed by atoms with E-state index in [1.807, 2.05) is 0 Å². The van der Waals surface area contributed by atoms with Crippen LogP contribution in [0.1, 0.15) is 87.0 Å². The highest BCUT2D eigenvalue weighted by Gasteiger charge is 2.52. The van der Waals surface area contributed by atoms with Crippen LogP contribution in [0.15, 0.2) is 24.3 Å². The molecule has 3 nitrogen and oxygen atoms in total. The van der Waals surface area contributed by atoms with Gasteiger partial charge in [0.15, 0.2) is 16.6 Å². The number of fused-ring (bicyclic) bond motifs is 1. The van der Waals surface area contributed by atoms with Gasteiger partial charge in [0.2, 0.25) is 0 Å². The lowest BCUT2D eigenvalue weighted by Gasteiger charge is -2.40. The van der Waals surface area contributed by atoms with Crippen molar-refractivity contribution in [2.45, 2.75) is 142 Å². The van der Waals surface area contributed by atoms with Crippen molar-refractivity contribution in [2.24, 2.45) is 17.8 Å². The third-order valence-electron chi connectivity index (χ3n) is 9.44. The van der Waals surface area contributed by atoms with Gasteiger partial charge in [0.25, 0.3) is 0 Å². The third kappa shape index (κ3) is 6.96. The summed E-state index contributed by atoms with van der Waals surface area (Å²) in [5.41, 5.74) is 1.01. The fourth-order valence-electron chi connectivity index (χ4n) is 5.08. The van der Waals surface area contributed by atoms with E-state index in [9.17, 15) is 5.11 Å². The van der Waals surface area contributed by atoms with E-state index in [-0.39, 0.29) is 34.3 Å². The van der Waals surface area contributed by atoms with Crippen LogP contribution in [0.2, 0.25) is 36.3 Å². The summed E-state index contributed by atoms with van der Waals surface area (Å²) >= 11 is 0. The summed E-state index contributed by atoms with van der Waals surface area (Å²) in [7, 11) is -3.77. The molecule has 1 N–H and O–H groups in total. The van der Waals surface area contributed by atoms with Crippen LogP contribution in [0, 0.1) is 17.8 Å². The highest BCUT2D eigenvalue weighted by molar-refractivity contribution is 6.74. The average molecular weight is 509 g/mol. The van der Waals surface area contributed by atoms with E-state index >= 15 is 0 Å². The second-order valence-corrected chi connectivity index (χ2v) is 23.7. The van der Waals surface area contributed by atoms with E-state index in [0.717, 1.165) is 24.8 Å². The topological polar surface area (TPSA) is 38.7 Å². The predicted molar refractivity (Wildman–Crippen MR) is 152 cm³/mol. The van der Waals surface area contributed by atoms with E-state index < -0.39 is 16.6 Å². The Hall–Kier alpha value is -0.206. The minimum atomic E-state index is -1.91. The van der Waals surface area contributed by atoms with Crippen molar-refractivity contribution >= 4 is 16.6 Å². The van der Waals surface area contributed by atoms with Crippen molar-refractivity contribution in [3.8, 4) is 0 Å². The zero-order chi connectivity index (χ0) is 26.1. The van der Waals surface area contributed by atoms with Crippen LogP contribution < -0.4 is 0 Å². The zero-order valence-electron chi connectivity index (χ0n) is 24.3. The van der Waals surface area contributed by atoms with Gasteiger partial charge in [0.05, 0.1) is 18.3 Å². The first-order valence-electron chi connectivity index (χ1n) is 13.8. The largest absolute Gasteiger partial charge is 0.413 e. The first kappa shape index (κ1) is 30.0. The van der Waals surface area contributed by atoms with E-state index in [0.29, 0.717) is 11.8 Å². The molecule has 0 aromatic rings. The van der Waals surface area contributed by atoms with E-state index in [1.54, 1.807) is 0 Å². The smallest absolute Gasteiger partial charge is 0.192 e. The maximum Gasteiger partial charge on any atom is 0.192 e. The summed E-state index contributed by atoms with van der Waals surface area (Å²) in [6.45, 7) is 29.8. The Morgan fingerprint density at radius 3 is 2.12 bits per heavy atom. The predicted octanol–water partition coefficient (Wildman–Crippen LogP) is 8.48. The number of unbranched alkanes of at least 4 members (excludes halogenated alkanes) is 2. The van der Waals surface area contributed by atoms with Gasteiger partial charge < -0.3 is 14.0 Å². The van der Waals surface area contributed by atoms with Gasteiger partial charge in [0.1, 0.15) is 0 Å². The fourth-order valence-corrected chi connectivity index (χ4v) is 7.75. The highest BCUT2D eigenvalue weighted by Crippen LogP contribution is 2.53. The van der Waals surface area contributed by atoms with Crippen LogP contribution in [-0.2, 0) is 8.85 Å². The zero-order valence-corrected chi connectivity index (χ0v) is 26.3. The normalized spacial score (nSPS) is 29.8. The van der Waals surface area contributed by atoms with Crippen LogP contribution in [0.4, 0.5) is 0 Å². The van der Waals surface area contributed by atoms with Crippen molar-refractivity contribution in [3.63, 3.8) is 0 Å². The third-order valence-corrected chi connectivity index (χ3v) is 18.5. The monoisotopic (exact) mass is 508 g/mol. The Kier molecular flexibility index (Phi) is 9.75. The molecule has 0 unspecified atom stereocenters. The number of hydrogen-bond acceptors (Lipinski definition) is 3. The Balaban J connectivity index is 2.30. The minimum Gasteiger partial charge on any atom is -0.413 e. The molecule has 0 aromatic carbocycles. The number of aliphatic hydroxyl groups is 1. The van der Waals surface area contributed by atoms with E-state index in [1.165, 1.54) is 19.3 Å². The molecule has 6 atom stereocenters. The first-order valence-corrected chi connectivity index (χ1v) is 19.6. The van der Waals surface area contributed by atoms with Crippen molar-refractivity contribution in [3.05, 3.63) is 24.3 Å². The maximum atomic E-state index is 10.8. The molecule has 2 saturated carbocycles. The molecule has 0 aromatic heterocycles. The van der Waals surface area contributed by atoms with Gasteiger partial charge in [-0.05, 0) is 72.9 Å². The second-order valence-electron chi connectivity index (χ2n) is 14.2. The first-order chi connectivity index (χ1) is 15.4. The number of aliphatic hydroxyl groups excluding tert-OH is 1. The maximum absolute atomic E-state index is 10.8. The quantitative estimate of drug-likeness (QED) is 0.183. The summed E-state index contributed by atoms with van der Waals surface area (Å²) < 4.78 is 13.9. The highest BCUT2D eigenvalue weighted by atomic mass is 28.4. The number of hydrogen-bond donors (Lipinski definition) is 1. The SMILES string of the molecule is C=C1C[C@@H]2[C@@H](/C=C/[C@H](CCCCC)O[Si](C)(C)C(C)(C)C)[C@H](O[Si](C)(C)C(C)(C)C)C[C@@H]2[C@H]1O. The Morgan fingerprint density at radius 1 is 1.00 bits per heavy atom. The van der Waals surface area contributed by atoms with Gasteiger partial charge in [0, 0.05) is 5.92 Å². The summed E-state index contributed by atoms with van der Waals surface area (Å²) in [5, 5.41) is 11.2. The molecule has 198 valence electrons. The Bertz CT molecular complexity index is 714. The van der Waals surface area contributed by atoms with Gasteiger partial charge in [-0.2, -0.15) is 0 Å². The summed E-state index contributed by atoms with van der Waals surface area (Å²) in [5.74, 6) is 1.03. The lowest BCUT2D eigenvalue weighted by atomic mass is 9.90. The van der Waals surface area contributed by atoms with Gasteiger partial charge in [-0.15, -0.1) is 0 Å². The average Bonchev–Trinajstić information content (AvgIpc) is 3.13. The second kappa shape index (κ2) is 11.0. The summed E-state index contributed by atoms with van der Waals surface area (Å²) in [4.78, 5) is 0. The Morgan fingerprint density at radius 2 is 1.59 bits per heavy atom. The molecule has 0 amide bonds. The minimum absolute atomic E-state index is 0.162. The molecule has 2 fully saturated rings. The van der Waals surface area contributed by atoms with Crippen LogP contribution in [0.25, 0.3) is 0 Å². The molecular formula is C29H56O3Si2. The molecule has 2 aliphatic carbocycles.